The molecule has 1 aromatic carbocycles. The molecule has 5 heterocycles. The number of nitrogens with zero attached hydrogens (tertiary/aromatic N) is 5. The third-order valence-corrected chi connectivity index (χ3v) is 12.1. The number of amides is 1. The zero-order valence-electron chi connectivity index (χ0n) is 29.4. The van der Waals surface area contributed by atoms with Gasteiger partial charge in [-0.05, 0) is 5.56 Å². The van der Waals surface area contributed by atoms with Crippen molar-refractivity contribution in [1.29, 1.82) is 0 Å². The van der Waals surface area contributed by atoms with Crippen LogP contribution in [0, 0.1) is 0 Å². The molecule has 5 unspecified atom stereocenters. The van der Waals surface area contributed by atoms with Crippen LogP contribution in [-0.4, -0.2) is 114 Å². The van der Waals surface area contributed by atoms with Crippen LogP contribution in [0.15, 0.2) is 64.8 Å². The predicted molar refractivity (Wildman–Crippen MR) is 192 cm³/mol. The third kappa shape index (κ3) is 9.31. The summed E-state index contributed by atoms with van der Waals surface area (Å²) in [5.41, 5.74) is 5.85. The summed E-state index contributed by atoms with van der Waals surface area (Å²) in [5.74, 6) is -1.76. The minimum Gasteiger partial charge on any atom is -0.452 e. The number of nitrogen functional groups attached to an aromatic ring is 1. The molecule has 6 N–H and O–H groups in total. The molecular formula is C32H39N8O13PS. The van der Waals surface area contributed by atoms with Crippen molar-refractivity contribution in [2.75, 3.05) is 32.0 Å². The molecule has 2 saturated heterocycles. The quantitative estimate of drug-likeness (QED) is 0.0566. The number of fused-ring (bicyclic) bond motifs is 1. The molecule has 1 amide bonds. The van der Waals surface area contributed by atoms with Crippen molar-refractivity contribution in [2.24, 2.45) is 0 Å². The summed E-state index contributed by atoms with van der Waals surface area (Å²) in [6, 6.07) is 8.90. The van der Waals surface area contributed by atoms with Crippen molar-refractivity contribution in [3.63, 3.8) is 0 Å². The highest BCUT2D eigenvalue weighted by molar-refractivity contribution is 8.55. The highest BCUT2D eigenvalue weighted by Gasteiger charge is 2.51. The molecule has 6 rings (SSSR count). The fourth-order valence-electron chi connectivity index (χ4n) is 6.15. The smallest absolute Gasteiger partial charge is 0.392 e. The Balaban J connectivity index is 1.21. The first-order chi connectivity index (χ1) is 26.4. The largest absolute Gasteiger partial charge is 0.452 e. The van der Waals surface area contributed by atoms with Crippen molar-refractivity contribution in [3.8, 4) is 0 Å². The van der Waals surface area contributed by atoms with Gasteiger partial charge in [-0.3, -0.25) is 32.8 Å². The van der Waals surface area contributed by atoms with Crippen LogP contribution in [0.3, 0.4) is 0 Å². The number of methoxy groups -OCH3 is 1. The molecule has 23 heteroatoms. The number of carbonyl (C=O) groups excluding carboxylic acids is 2. The van der Waals surface area contributed by atoms with Gasteiger partial charge in [0.2, 0.25) is 5.91 Å². The maximum absolute atomic E-state index is 14.6. The third-order valence-electron chi connectivity index (χ3n) is 8.77. The molecule has 21 nitrogen and oxygen atoms in total. The second-order valence-electron chi connectivity index (χ2n) is 12.4. The number of imidazole rings is 1. The van der Waals surface area contributed by atoms with Gasteiger partial charge in [-0.25, -0.2) is 29.1 Å². The standard InChI is InChI=1S/C32H39N8O13PS/c1-17(42)37-19(10-18-6-4-3-5-7-18)31(45)49-16-55-54(47,53-26-21(12-41)52-30(27(26)48-2)39-9-8-23(44)38-32(39)46)50-13-22-20(43)11-24(51-22)40-15-36-25-28(33)34-14-35-29(25)40/h3-9,14-15,19-22,24,26-27,30,41,43H,10-13,16H2,1-2H3,(H,37,42)(H2,33,34,35)(H,38,44,46)/t19?,20?,21-,22-,24-,26?,27?,30-,54?/m1/s1. The number of aromatic nitrogens is 6. The van der Waals surface area contributed by atoms with E-state index < -0.39 is 98.1 Å². The Morgan fingerprint density at radius 3 is 2.62 bits per heavy atom. The maximum atomic E-state index is 14.6. The number of nitrogens with one attached hydrogen (secondary N) is 2. The number of aliphatic hydroxyl groups is 2. The molecule has 0 spiro atoms. The molecule has 2 fully saturated rings. The summed E-state index contributed by atoms with van der Waals surface area (Å²) in [5, 5.41) is 23.8. The Labute approximate surface area is 315 Å². The van der Waals surface area contributed by atoms with Crippen LogP contribution in [0.1, 0.15) is 31.4 Å². The van der Waals surface area contributed by atoms with Gasteiger partial charge in [0.1, 0.15) is 54.5 Å². The maximum Gasteiger partial charge on any atom is 0.392 e. The Kier molecular flexibility index (Phi) is 12.8. The Morgan fingerprint density at radius 2 is 1.91 bits per heavy atom. The van der Waals surface area contributed by atoms with Crippen molar-refractivity contribution in [1.82, 2.24) is 34.4 Å². The van der Waals surface area contributed by atoms with Gasteiger partial charge in [-0.2, -0.15) is 0 Å². The zero-order valence-corrected chi connectivity index (χ0v) is 31.1. The number of carbonyl (C=O) groups is 2. The summed E-state index contributed by atoms with van der Waals surface area (Å²) in [7, 11) is 1.27. The van der Waals surface area contributed by atoms with Crippen molar-refractivity contribution < 1.29 is 52.4 Å². The van der Waals surface area contributed by atoms with E-state index in [2.05, 4.69) is 25.3 Å². The van der Waals surface area contributed by atoms with Crippen LogP contribution in [0.2, 0.25) is 0 Å². The van der Waals surface area contributed by atoms with Gasteiger partial charge in [0.05, 0.1) is 25.6 Å². The molecule has 2 aliphatic rings. The normalized spacial score (nSPS) is 25.4. The van der Waals surface area contributed by atoms with Crippen molar-refractivity contribution >= 4 is 47.0 Å². The number of hydrogen-bond donors (Lipinski definition) is 5. The Morgan fingerprint density at radius 1 is 1.13 bits per heavy atom. The summed E-state index contributed by atoms with van der Waals surface area (Å²) in [6.07, 6.45) is -3.97. The van der Waals surface area contributed by atoms with Crippen LogP contribution in [0.25, 0.3) is 11.2 Å². The van der Waals surface area contributed by atoms with E-state index in [1.54, 1.807) is 34.9 Å². The molecule has 0 saturated carbocycles. The number of anilines is 1. The summed E-state index contributed by atoms with van der Waals surface area (Å²) in [6.45, 7) is -4.44. The SMILES string of the molecule is COC1C(OP(=O)(OC[C@H]2O[C@@H](n3cnc4c(N)ncnc43)CC2O)SCOC(=O)C(Cc2ccccc2)NC(C)=O)[C@@H](CO)O[C@H]1n1ccc(=O)[nH]c1=O. The van der Waals surface area contributed by atoms with Gasteiger partial charge in [0.25, 0.3) is 5.56 Å². The molecule has 3 aromatic heterocycles. The lowest BCUT2D eigenvalue weighted by Crippen LogP contribution is -2.42. The second kappa shape index (κ2) is 17.5. The van der Waals surface area contributed by atoms with E-state index in [4.69, 9.17) is 33.7 Å². The first-order valence-corrected chi connectivity index (χ1v) is 19.9. The lowest BCUT2D eigenvalue weighted by atomic mass is 10.1. The molecule has 55 heavy (non-hydrogen) atoms. The van der Waals surface area contributed by atoms with Crippen molar-refractivity contribution in [3.05, 3.63) is 81.7 Å². The molecule has 0 bridgehead atoms. The zero-order chi connectivity index (χ0) is 39.3. The highest BCUT2D eigenvalue weighted by Crippen LogP contribution is 2.63. The average Bonchev–Trinajstić information content (AvgIpc) is 3.85. The minimum absolute atomic E-state index is 0.0651. The van der Waals surface area contributed by atoms with Gasteiger partial charge in [0.15, 0.2) is 17.7 Å². The summed E-state index contributed by atoms with van der Waals surface area (Å²) in [4.78, 5) is 64.0. The number of H-pyrrole nitrogens is 1. The van der Waals surface area contributed by atoms with Crippen LogP contribution in [0.5, 0.6) is 0 Å². The number of hydrogen-bond acceptors (Lipinski definition) is 18. The molecule has 9 atom stereocenters. The van der Waals surface area contributed by atoms with Gasteiger partial charge in [-0.15, -0.1) is 0 Å². The minimum atomic E-state index is -4.50. The van der Waals surface area contributed by atoms with E-state index in [-0.39, 0.29) is 18.7 Å². The van der Waals surface area contributed by atoms with Crippen molar-refractivity contribution in [2.45, 2.75) is 68.8 Å². The number of rotatable bonds is 16. The Bertz CT molecular complexity index is 2140. The molecule has 296 valence electrons. The van der Waals surface area contributed by atoms with Crippen LogP contribution in [0.4, 0.5) is 5.82 Å². The molecule has 0 aliphatic carbocycles. The lowest BCUT2D eigenvalue weighted by molar-refractivity contribution is -0.145. The van der Waals surface area contributed by atoms with E-state index in [1.165, 1.54) is 32.9 Å². The van der Waals surface area contributed by atoms with E-state index in [1.807, 2.05) is 0 Å². The number of aromatic amines is 1. The molecule has 2 aliphatic heterocycles. The number of nitrogens with two attached hydrogens (primary N) is 1. The van der Waals surface area contributed by atoms with E-state index in [0.29, 0.717) is 22.5 Å². The molecule has 0 radical (unpaired) electrons. The van der Waals surface area contributed by atoms with Gasteiger partial charge >= 0.3 is 18.5 Å². The van der Waals surface area contributed by atoms with E-state index >= 15 is 0 Å². The fraction of sp³-hybridized carbons (Fsp3) is 0.469. The molecular weight excluding hydrogens is 767 g/mol. The van der Waals surface area contributed by atoms with Gasteiger partial charge < -0.3 is 40.2 Å². The van der Waals surface area contributed by atoms with Gasteiger partial charge in [-0.1, -0.05) is 30.3 Å². The lowest BCUT2D eigenvalue weighted by Gasteiger charge is -2.28. The second-order valence-corrected chi connectivity index (χ2v) is 16.4. The predicted octanol–water partition coefficient (Wildman–Crippen LogP) is 0.00300. The van der Waals surface area contributed by atoms with E-state index in [9.17, 15) is 34.0 Å². The first-order valence-electron chi connectivity index (χ1n) is 16.8. The fourth-order valence-corrected chi connectivity index (χ4v) is 8.96. The summed E-state index contributed by atoms with van der Waals surface area (Å²) < 4.78 is 52.1. The van der Waals surface area contributed by atoms with E-state index in [0.717, 1.165) is 16.2 Å². The van der Waals surface area contributed by atoms with Crippen LogP contribution < -0.4 is 22.3 Å². The van der Waals surface area contributed by atoms with Crippen LogP contribution in [-0.2, 0) is 48.6 Å². The monoisotopic (exact) mass is 806 g/mol. The number of aliphatic hydroxyl groups excluding tert-OH is 2. The van der Waals surface area contributed by atoms with Gasteiger partial charge in [0, 0.05) is 50.5 Å². The molecule has 4 aromatic rings. The first kappa shape index (κ1) is 40.2. The highest BCUT2D eigenvalue weighted by atomic mass is 32.7. The Hall–Kier alpha value is -4.51. The number of esters is 1. The number of benzene rings is 1. The topological polar surface area (TPSA) is 284 Å². The number of ether oxygens (including phenoxy) is 4. The average molecular weight is 807 g/mol. The van der Waals surface area contributed by atoms with Crippen LogP contribution >= 0.6 is 18.2 Å². The summed E-state index contributed by atoms with van der Waals surface area (Å²) >= 11 is 0.459.